The van der Waals surface area contributed by atoms with Crippen molar-refractivity contribution in [2.24, 2.45) is 5.92 Å². The van der Waals surface area contributed by atoms with Gasteiger partial charge in [-0.05, 0) is 38.3 Å². The zero-order valence-corrected chi connectivity index (χ0v) is 8.72. The molecule has 0 aromatic rings. The van der Waals surface area contributed by atoms with Crippen molar-refractivity contribution in [2.45, 2.75) is 38.5 Å². The fourth-order valence-electron chi connectivity index (χ4n) is 1.87. The monoisotopic (exact) mass is 193 g/mol. The number of Topliss-reactive ketones (excluding diaryl/α,β-unsaturated/α-hetero) is 1. The molecule has 0 unspecified atom stereocenters. The van der Waals surface area contributed by atoms with Crippen LogP contribution in [0.25, 0.3) is 0 Å². The van der Waals surface area contributed by atoms with Crippen molar-refractivity contribution in [1.82, 2.24) is 5.32 Å². The highest BCUT2D eigenvalue weighted by Crippen LogP contribution is 2.18. The molecule has 0 saturated carbocycles. The number of terminal acetylenes is 1. The zero-order valence-electron chi connectivity index (χ0n) is 8.72. The molecule has 0 aliphatic carbocycles. The van der Waals surface area contributed by atoms with Crippen molar-refractivity contribution in [3.63, 3.8) is 0 Å². The molecular formula is C12H19NO. The minimum absolute atomic E-state index is 0.335. The summed E-state index contributed by atoms with van der Waals surface area (Å²) >= 11 is 0. The zero-order chi connectivity index (χ0) is 10.2. The first kappa shape index (κ1) is 11.3. The molecule has 1 saturated heterocycles. The molecule has 14 heavy (non-hydrogen) atoms. The van der Waals surface area contributed by atoms with Gasteiger partial charge in [-0.15, -0.1) is 12.3 Å². The van der Waals surface area contributed by atoms with Gasteiger partial charge in [0.25, 0.3) is 0 Å². The van der Waals surface area contributed by atoms with Gasteiger partial charge in [-0.3, -0.25) is 4.79 Å². The molecule has 1 fully saturated rings. The molecule has 1 rings (SSSR count). The molecule has 0 spiro atoms. The van der Waals surface area contributed by atoms with Crippen LogP contribution in [0, 0.1) is 18.3 Å². The number of piperidine rings is 1. The van der Waals surface area contributed by atoms with Crippen LogP contribution in [-0.4, -0.2) is 18.9 Å². The molecule has 0 amide bonds. The van der Waals surface area contributed by atoms with Crippen LogP contribution in [-0.2, 0) is 4.79 Å². The fourth-order valence-corrected chi connectivity index (χ4v) is 1.87. The topological polar surface area (TPSA) is 29.1 Å². The third-order valence-electron chi connectivity index (χ3n) is 2.84. The van der Waals surface area contributed by atoms with E-state index in [4.69, 9.17) is 6.42 Å². The van der Waals surface area contributed by atoms with Gasteiger partial charge in [0.2, 0.25) is 0 Å². The molecule has 0 aromatic carbocycles. The molecular weight excluding hydrogens is 174 g/mol. The maximum atomic E-state index is 11.3. The van der Waals surface area contributed by atoms with E-state index in [-0.39, 0.29) is 0 Å². The van der Waals surface area contributed by atoms with Gasteiger partial charge in [-0.1, -0.05) is 0 Å². The maximum absolute atomic E-state index is 11.3. The molecule has 0 aromatic heterocycles. The highest BCUT2D eigenvalue weighted by molar-refractivity contribution is 5.78. The summed E-state index contributed by atoms with van der Waals surface area (Å²) in [4.78, 5) is 11.3. The summed E-state index contributed by atoms with van der Waals surface area (Å²) in [6.07, 6.45) is 10.5. The molecule has 1 aliphatic rings. The van der Waals surface area contributed by atoms with E-state index in [0.29, 0.717) is 18.6 Å². The normalized spacial score (nSPS) is 17.6. The Morgan fingerprint density at radius 1 is 1.36 bits per heavy atom. The van der Waals surface area contributed by atoms with Crippen LogP contribution in [0.5, 0.6) is 0 Å². The van der Waals surface area contributed by atoms with Crippen LogP contribution in [0.15, 0.2) is 0 Å². The van der Waals surface area contributed by atoms with Gasteiger partial charge >= 0.3 is 0 Å². The highest BCUT2D eigenvalue weighted by Gasteiger charge is 2.13. The Bertz CT molecular complexity index is 211. The van der Waals surface area contributed by atoms with E-state index in [1.165, 1.54) is 12.8 Å². The standard InChI is InChI=1S/C12H19NO/c1-2-3-4-12(14)6-5-11-7-9-13-10-8-11/h1,11,13H,3-10H2. The molecule has 0 radical (unpaired) electrons. The fraction of sp³-hybridized carbons (Fsp3) is 0.750. The van der Waals surface area contributed by atoms with Crippen LogP contribution in [0.2, 0.25) is 0 Å². The van der Waals surface area contributed by atoms with Crippen molar-refractivity contribution < 1.29 is 4.79 Å². The van der Waals surface area contributed by atoms with Gasteiger partial charge in [-0.25, -0.2) is 0 Å². The smallest absolute Gasteiger partial charge is 0.133 e. The largest absolute Gasteiger partial charge is 0.317 e. The summed E-state index contributed by atoms with van der Waals surface area (Å²) < 4.78 is 0. The van der Waals surface area contributed by atoms with Gasteiger partial charge in [-0.2, -0.15) is 0 Å². The Kier molecular flexibility index (Phi) is 5.32. The molecule has 78 valence electrons. The molecule has 1 N–H and O–H groups in total. The average Bonchev–Trinajstić information content (AvgIpc) is 2.25. The first-order valence-electron chi connectivity index (χ1n) is 5.49. The number of hydrogen-bond acceptors (Lipinski definition) is 2. The summed E-state index contributed by atoms with van der Waals surface area (Å²) in [6, 6.07) is 0. The number of ketones is 1. The van der Waals surface area contributed by atoms with Crippen molar-refractivity contribution >= 4 is 5.78 Å². The minimum Gasteiger partial charge on any atom is -0.317 e. The summed E-state index contributed by atoms with van der Waals surface area (Å²) in [5.74, 6) is 3.60. The summed E-state index contributed by atoms with van der Waals surface area (Å²) in [6.45, 7) is 2.23. The van der Waals surface area contributed by atoms with E-state index in [2.05, 4.69) is 11.2 Å². The molecule has 0 bridgehead atoms. The lowest BCUT2D eigenvalue weighted by Crippen LogP contribution is -2.27. The van der Waals surface area contributed by atoms with Crippen molar-refractivity contribution in [3.05, 3.63) is 0 Å². The third-order valence-corrected chi connectivity index (χ3v) is 2.84. The van der Waals surface area contributed by atoms with E-state index < -0.39 is 0 Å². The van der Waals surface area contributed by atoms with Gasteiger partial charge in [0.1, 0.15) is 5.78 Å². The maximum Gasteiger partial charge on any atom is 0.133 e. The summed E-state index contributed by atoms with van der Waals surface area (Å²) in [5, 5.41) is 3.33. The first-order chi connectivity index (χ1) is 6.83. The highest BCUT2D eigenvalue weighted by atomic mass is 16.1. The van der Waals surface area contributed by atoms with Gasteiger partial charge < -0.3 is 5.32 Å². The van der Waals surface area contributed by atoms with Crippen LogP contribution in [0.1, 0.15) is 38.5 Å². The van der Waals surface area contributed by atoms with Crippen LogP contribution < -0.4 is 5.32 Å². The summed E-state index contributed by atoms with van der Waals surface area (Å²) in [7, 11) is 0. The molecule has 2 nitrogen and oxygen atoms in total. The van der Waals surface area contributed by atoms with E-state index >= 15 is 0 Å². The summed E-state index contributed by atoms with van der Waals surface area (Å²) in [5.41, 5.74) is 0. The van der Waals surface area contributed by atoms with Crippen molar-refractivity contribution in [3.8, 4) is 12.3 Å². The second-order valence-electron chi connectivity index (χ2n) is 3.97. The average molecular weight is 193 g/mol. The lowest BCUT2D eigenvalue weighted by atomic mass is 9.92. The first-order valence-corrected chi connectivity index (χ1v) is 5.49. The van der Waals surface area contributed by atoms with Crippen molar-refractivity contribution in [2.75, 3.05) is 13.1 Å². The predicted octanol–water partition coefficient (Wildman–Crippen LogP) is 1.75. The van der Waals surface area contributed by atoms with Crippen LogP contribution in [0.4, 0.5) is 0 Å². The minimum atomic E-state index is 0.335. The molecule has 1 aliphatic heterocycles. The van der Waals surface area contributed by atoms with E-state index in [1.807, 2.05) is 0 Å². The number of rotatable bonds is 5. The quantitative estimate of drug-likeness (QED) is 0.674. The number of carbonyl (C=O) groups is 1. The molecule has 1 heterocycles. The molecule has 0 atom stereocenters. The van der Waals surface area contributed by atoms with Crippen LogP contribution in [0.3, 0.4) is 0 Å². The van der Waals surface area contributed by atoms with Gasteiger partial charge in [0.15, 0.2) is 0 Å². The van der Waals surface area contributed by atoms with Crippen LogP contribution >= 0.6 is 0 Å². The van der Waals surface area contributed by atoms with Gasteiger partial charge in [0.05, 0.1) is 0 Å². The molecule has 2 heteroatoms. The predicted molar refractivity (Wildman–Crippen MR) is 57.9 cm³/mol. The second kappa shape index (κ2) is 6.62. The second-order valence-corrected chi connectivity index (χ2v) is 3.97. The SMILES string of the molecule is C#CCCC(=O)CCC1CCNCC1. The Balaban J connectivity index is 2.07. The van der Waals surface area contributed by atoms with E-state index in [0.717, 1.165) is 31.8 Å². The Hall–Kier alpha value is -0.810. The van der Waals surface area contributed by atoms with Gasteiger partial charge in [0, 0.05) is 19.3 Å². The Morgan fingerprint density at radius 2 is 2.07 bits per heavy atom. The van der Waals surface area contributed by atoms with E-state index in [1.54, 1.807) is 0 Å². The Morgan fingerprint density at radius 3 is 2.71 bits per heavy atom. The Labute approximate surface area is 86.5 Å². The lowest BCUT2D eigenvalue weighted by Gasteiger charge is -2.21. The number of nitrogens with one attached hydrogen (secondary N) is 1. The number of carbonyl (C=O) groups excluding carboxylic acids is 1. The van der Waals surface area contributed by atoms with E-state index in [9.17, 15) is 4.79 Å². The van der Waals surface area contributed by atoms with Crippen molar-refractivity contribution in [1.29, 1.82) is 0 Å². The lowest BCUT2D eigenvalue weighted by molar-refractivity contribution is -0.119. The third kappa shape index (κ3) is 4.43. The number of hydrogen-bond donors (Lipinski definition) is 1.